The van der Waals surface area contributed by atoms with Crippen molar-refractivity contribution in [2.24, 2.45) is 0 Å². The summed E-state index contributed by atoms with van der Waals surface area (Å²) in [5.41, 5.74) is 1.37. The maximum absolute atomic E-state index is 12.8. The zero-order chi connectivity index (χ0) is 25.6. The van der Waals surface area contributed by atoms with Crippen LogP contribution in [0.25, 0.3) is 10.6 Å². The molecule has 2 amide bonds. The summed E-state index contributed by atoms with van der Waals surface area (Å²) >= 11 is 1.17. The highest BCUT2D eigenvalue weighted by atomic mass is 32.2. The molecule has 3 aromatic rings. The van der Waals surface area contributed by atoms with E-state index in [1.54, 1.807) is 39.0 Å². The topological polar surface area (TPSA) is 127 Å². The van der Waals surface area contributed by atoms with Crippen LogP contribution in [0.4, 0.5) is 9.93 Å². The van der Waals surface area contributed by atoms with Crippen LogP contribution in [0.5, 0.6) is 0 Å². The van der Waals surface area contributed by atoms with E-state index in [1.165, 1.54) is 23.5 Å². The van der Waals surface area contributed by atoms with E-state index in [4.69, 9.17) is 4.74 Å². The number of hydrogen-bond acceptors (Lipinski definition) is 8. The molecule has 35 heavy (non-hydrogen) atoms. The molecule has 0 saturated heterocycles. The summed E-state index contributed by atoms with van der Waals surface area (Å²) < 4.78 is 31.8. The zero-order valence-electron chi connectivity index (χ0n) is 20.0. The van der Waals surface area contributed by atoms with Gasteiger partial charge in [-0.05, 0) is 57.4 Å². The molecular formula is C24H28N4O5S2. The van der Waals surface area contributed by atoms with Gasteiger partial charge in [0.25, 0.3) is 15.9 Å². The largest absolute Gasteiger partial charge is 0.443 e. The molecule has 186 valence electrons. The third-order valence-corrected chi connectivity index (χ3v) is 6.95. The van der Waals surface area contributed by atoms with E-state index in [0.29, 0.717) is 21.3 Å². The van der Waals surface area contributed by atoms with Gasteiger partial charge < -0.3 is 4.74 Å². The Hall–Kier alpha value is -3.31. The molecule has 3 rings (SSSR count). The predicted octanol–water partition coefficient (Wildman–Crippen LogP) is 5.01. The maximum atomic E-state index is 12.8. The second-order valence-electron chi connectivity index (χ2n) is 8.76. The number of carbonyl (C=O) groups excluding carboxylic acids is 2. The molecule has 9 nitrogen and oxygen atoms in total. The monoisotopic (exact) mass is 516 g/mol. The van der Waals surface area contributed by atoms with Crippen LogP contribution >= 0.6 is 11.3 Å². The zero-order valence-corrected chi connectivity index (χ0v) is 21.6. The van der Waals surface area contributed by atoms with Crippen molar-refractivity contribution in [3.05, 3.63) is 59.7 Å². The minimum atomic E-state index is -4.10. The molecule has 0 spiro atoms. The van der Waals surface area contributed by atoms with Crippen LogP contribution in [0, 0.1) is 0 Å². The molecule has 2 aromatic carbocycles. The summed E-state index contributed by atoms with van der Waals surface area (Å²) in [6.07, 6.45) is 1.79. The van der Waals surface area contributed by atoms with Gasteiger partial charge in [0, 0.05) is 11.1 Å². The third kappa shape index (κ3) is 7.33. The molecule has 0 unspecified atom stereocenters. The normalized spacial score (nSPS) is 11.7. The summed E-state index contributed by atoms with van der Waals surface area (Å²) in [6.45, 7) is 7.01. The van der Waals surface area contributed by atoms with Gasteiger partial charge in [-0.3, -0.25) is 10.1 Å². The number of unbranched alkanes of at least 4 members (excludes halogenated alkanes) is 1. The van der Waals surface area contributed by atoms with E-state index >= 15 is 0 Å². The van der Waals surface area contributed by atoms with Gasteiger partial charge in [0.15, 0.2) is 0 Å². The number of sulfonamides is 1. The summed E-state index contributed by atoms with van der Waals surface area (Å²) in [5, 5.41) is 11.8. The Bertz CT molecular complexity index is 1300. The first kappa shape index (κ1) is 26.3. The van der Waals surface area contributed by atoms with Gasteiger partial charge >= 0.3 is 6.09 Å². The Morgan fingerprint density at radius 1 is 1.03 bits per heavy atom. The molecule has 11 heteroatoms. The number of benzene rings is 2. The number of rotatable bonds is 8. The number of amides is 2. The van der Waals surface area contributed by atoms with Crippen LogP contribution in [0.15, 0.2) is 53.4 Å². The van der Waals surface area contributed by atoms with Crippen LogP contribution in [-0.4, -0.2) is 36.2 Å². The number of aromatic nitrogens is 2. The lowest BCUT2D eigenvalue weighted by atomic mass is 10.0. The second kappa shape index (κ2) is 11.0. The Morgan fingerprint density at radius 3 is 2.37 bits per heavy atom. The van der Waals surface area contributed by atoms with Crippen molar-refractivity contribution >= 4 is 38.5 Å². The first-order valence-corrected chi connectivity index (χ1v) is 13.4. The van der Waals surface area contributed by atoms with E-state index in [0.717, 1.165) is 24.8 Å². The Labute approximate surface area is 209 Å². The fourth-order valence-electron chi connectivity index (χ4n) is 3.13. The van der Waals surface area contributed by atoms with Gasteiger partial charge in [-0.1, -0.05) is 55.0 Å². The van der Waals surface area contributed by atoms with Crippen molar-refractivity contribution in [1.82, 2.24) is 14.9 Å². The standard InChI is InChI=1S/C24H28N4O5S2/c1-5-6-9-16-10-7-8-11-19(16)20(29)25-22-27-26-21(34-22)17-12-14-18(15-13-17)35(31,32)28-23(30)33-24(2,3)4/h7-8,10-15H,5-6,9H2,1-4H3,(H,28,30)(H,25,27,29). The van der Waals surface area contributed by atoms with Crippen molar-refractivity contribution in [2.45, 2.75) is 57.5 Å². The molecule has 1 heterocycles. The number of ether oxygens (including phenoxy) is 1. The molecular weight excluding hydrogens is 488 g/mol. The van der Waals surface area contributed by atoms with Gasteiger partial charge in [-0.15, -0.1) is 10.2 Å². The highest BCUT2D eigenvalue weighted by Crippen LogP contribution is 2.28. The molecule has 0 bridgehead atoms. The van der Waals surface area contributed by atoms with Crippen LogP contribution in [0.3, 0.4) is 0 Å². The summed E-state index contributed by atoms with van der Waals surface area (Å²) in [7, 11) is -4.10. The number of carbonyl (C=O) groups is 2. The lowest BCUT2D eigenvalue weighted by molar-refractivity contribution is 0.0570. The molecule has 0 saturated carbocycles. The fraction of sp³-hybridized carbons (Fsp3) is 0.333. The van der Waals surface area contributed by atoms with E-state index in [-0.39, 0.29) is 10.8 Å². The van der Waals surface area contributed by atoms with Gasteiger partial charge in [0.2, 0.25) is 5.13 Å². The van der Waals surface area contributed by atoms with E-state index in [1.807, 2.05) is 22.9 Å². The lowest BCUT2D eigenvalue weighted by Gasteiger charge is -2.19. The van der Waals surface area contributed by atoms with Crippen LogP contribution in [0.2, 0.25) is 0 Å². The van der Waals surface area contributed by atoms with Crippen molar-refractivity contribution in [1.29, 1.82) is 0 Å². The number of anilines is 1. The van der Waals surface area contributed by atoms with Gasteiger partial charge in [-0.25, -0.2) is 17.9 Å². The van der Waals surface area contributed by atoms with E-state index < -0.39 is 21.7 Å². The summed E-state index contributed by atoms with van der Waals surface area (Å²) in [4.78, 5) is 24.5. The average Bonchev–Trinajstić information content (AvgIpc) is 3.24. The number of nitrogens with zero attached hydrogens (tertiary/aromatic N) is 2. The third-order valence-electron chi connectivity index (χ3n) is 4.74. The van der Waals surface area contributed by atoms with Gasteiger partial charge in [0.05, 0.1) is 4.90 Å². The smallest absolute Gasteiger partial charge is 0.421 e. The Morgan fingerprint density at radius 2 is 1.71 bits per heavy atom. The highest BCUT2D eigenvalue weighted by molar-refractivity contribution is 7.90. The highest BCUT2D eigenvalue weighted by Gasteiger charge is 2.23. The molecule has 2 N–H and O–H groups in total. The minimum Gasteiger partial charge on any atom is -0.443 e. The van der Waals surface area contributed by atoms with E-state index in [2.05, 4.69) is 22.4 Å². The molecule has 0 aliphatic carbocycles. The van der Waals surface area contributed by atoms with Gasteiger partial charge in [0.1, 0.15) is 10.6 Å². The average molecular weight is 517 g/mol. The molecule has 0 radical (unpaired) electrons. The molecule has 0 aliphatic rings. The fourth-order valence-corrected chi connectivity index (χ4v) is 4.74. The quantitative estimate of drug-likeness (QED) is 0.431. The molecule has 0 fully saturated rings. The van der Waals surface area contributed by atoms with Crippen molar-refractivity contribution in [3.63, 3.8) is 0 Å². The van der Waals surface area contributed by atoms with Crippen LogP contribution in [0.1, 0.15) is 56.5 Å². The first-order valence-electron chi connectivity index (χ1n) is 11.1. The lowest BCUT2D eigenvalue weighted by Crippen LogP contribution is -2.36. The minimum absolute atomic E-state index is 0.103. The van der Waals surface area contributed by atoms with Crippen molar-refractivity contribution in [2.75, 3.05) is 5.32 Å². The summed E-state index contributed by atoms with van der Waals surface area (Å²) in [6, 6.07) is 13.3. The number of aryl methyl sites for hydroxylation is 1. The second-order valence-corrected chi connectivity index (χ2v) is 11.4. The molecule has 0 aliphatic heterocycles. The Balaban J connectivity index is 1.69. The Kier molecular flexibility index (Phi) is 8.23. The van der Waals surface area contributed by atoms with E-state index in [9.17, 15) is 18.0 Å². The molecule has 1 aromatic heterocycles. The first-order chi connectivity index (χ1) is 16.5. The maximum Gasteiger partial charge on any atom is 0.421 e. The van der Waals surface area contributed by atoms with Crippen LogP contribution < -0.4 is 10.0 Å². The van der Waals surface area contributed by atoms with Gasteiger partial charge in [-0.2, -0.15) is 0 Å². The predicted molar refractivity (Wildman–Crippen MR) is 135 cm³/mol. The summed E-state index contributed by atoms with van der Waals surface area (Å²) in [5.74, 6) is -0.255. The van der Waals surface area contributed by atoms with Crippen molar-refractivity contribution < 1.29 is 22.7 Å². The van der Waals surface area contributed by atoms with Crippen LogP contribution in [-0.2, 0) is 21.2 Å². The number of hydrogen-bond donors (Lipinski definition) is 2. The van der Waals surface area contributed by atoms with Crippen molar-refractivity contribution in [3.8, 4) is 10.6 Å². The number of nitrogens with one attached hydrogen (secondary N) is 2. The SMILES string of the molecule is CCCCc1ccccc1C(=O)Nc1nnc(-c2ccc(S(=O)(=O)NC(=O)OC(C)(C)C)cc2)s1. The molecule has 0 atom stereocenters.